The van der Waals surface area contributed by atoms with Crippen LogP contribution in [0.1, 0.15) is 37.0 Å². The van der Waals surface area contributed by atoms with Gasteiger partial charge in [0.1, 0.15) is 12.4 Å². The summed E-state index contributed by atoms with van der Waals surface area (Å²) in [4.78, 5) is 11.5. The molecule has 0 bridgehead atoms. The second-order valence-electron chi connectivity index (χ2n) is 5.94. The van der Waals surface area contributed by atoms with E-state index in [9.17, 15) is 4.79 Å². The summed E-state index contributed by atoms with van der Waals surface area (Å²) in [5, 5.41) is 5.64. The van der Waals surface area contributed by atoms with Gasteiger partial charge in [0.15, 0.2) is 0 Å². The third kappa shape index (κ3) is 6.52. The van der Waals surface area contributed by atoms with E-state index in [1.807, 2.05) is 13.8 Å². The number of amides is 2. The Bertz CT molecular complexity index is 447. The van der Waals surface area contributed by atoms with Gasteiger partial charge < -0.3 is 15.4 Å². The van der Waals surface area contributed by atoms with Gasteiger partial charge in [0.2, 0.25) is 0 Å². The number of carbonyl (C=O) groups is 1. The maximum atomic E-state index is 11.5. The van der Waals surface area contributed by atoms with Gasteiger partial charge in [-0.15, -0.1) is 0 Å². The molecule has 0 aromatic heterocycles. The first-order valence-electron chi connectivity index (χ1n) is 7.62. The molecule has 1 rings (SSSR count). The van der Waals surface area contributed by atoms with Crippen molar-refractivity contribution in [2.24, 2.45) is 5.92 Å². The lowest BCUT2D eigenvalue weighted by atomic mass is 10.1. The highest BCUT2D eigenvalue weighted by Gasteiger charge is 2.05. The Morgan fingerprint density at radius 1 is 1.10 bits per heavy atom. The summed E-state index contributed by atoms with van der Waals surface area (Å²) in [5.74, 6) is 1.52. The number of aryl methyl sites for hydroxylation is 3. The van der Waals surface area contributed by atoms with E-state index < -0.39 is 0 Å². The molecule has 0 fully saturated rings. The Morgan fingerprint density at radius 2 is 1.67 bits per heavy atom. The number of ether oxygens (including phenoxy) is 1. The lowest BCUT2D eigenvalue weighted by molar-refractivity contribution is 0.235. The van der Waals surface area contributed by atoms with Crippen molar-refractivity contribution in [1.82, 2.24) is 10.6 Å². The Balaban J connectivity index is 2.27. The van der Waals surface area contributed by atoms with Crippen molar-refractivity contribution in [3.05, 3.63) is 28.8 Å². The van der Waals surface area contributed by atoms with Crippen molar-refractivity contribution < 1.29 is 9.53 Å². The molecule has 2 amide bonds. The molecule has 0 radical (unpaired) electrons. The molecule has 0 saturated carbocycles. The van der Waals surface area contributed by atoms with Crippen LogP contribution in [0.5, 0.6) is 5.75 Å². The Hall–Kier alpha value is -1.71. The molecule has 0 unspecified atom stereocenters. The van der Waals surface area contributed by atoms with Gasteiger partial charge in [-0.3, -0.25) is 0 Å². The highest BCUT2D eigenvalue weighted by Crippen LogP contribution is 2.24. The molecule has 0 spiro atoms. The van der Waals surface area contributed by atoms with Crippen LogP contribution in [0, 0.1) is 26.7 Å². The minimum absolute atomic E-state index is 0.128. The minimum Gasteiger partial charge on any atom is -0.491 e. The molecule has 1 aromatic carbocycles. The second-order valence-corrected chi connectivity index (χ2v) is 5.94. The van der Waals surface area contributed by atoms with E-state index in [0.29, 0.717) is 25.6 Å². The van der Waals surface area contributed by atoms with Gasteiger partial charge in [0.05, 0.1) is 6.54 Å². The monoisotopic (exact) mass is 292 g/mol. The quantitative estimate of drug-likeness (QED) is 0.757. The third-order valence-corrected chi connectivity index (χ3v) is 3.25. The van der Waals surface area contributed by atoms with Gasteiger partial charge in [0, 0.05) is 6.54 Å². The van der Waals surface area contributed by atoms with Crippen molar-refractivity contribution in [3.8, 4) is 5.75 Å². The first-order chi connectivity index (χ1) is 9.90. The summed E-state index contributed by atoms with van der Waals surface area (Å²) >= 11 is 0. The zero-order chi connectivity index (χ0) is 15.8. The standard InChI is InChI=1S/C17H28N2O2/c1-12(2)6-7-18-17(20)19-8-9-21-16-14(4)10-13(3)11-15(16)5/h10-12H,6-9H2,1-5H3,(H2,18,19,20). The Morgan fingerprint density at radius 3 is 2.24 bits per heavy atom. The number of benzene rings is 1. The highest BCUT2D eigenvalue weighted by molar-refractivity contribution is 5.73. The fourth-order valence-corrected chi connectivity index (χ4v) is 2.25. The molecule has 1 aromatic rings. The summed E-state index contributed by atoms with van der Waals surface area (Å²) in [6.45, 7) is 12.1. The van der Waals surface area contributed by atoms with Crippen molar-refractivity contribution >= 4 is 6.03 Å². The normalized spacial score (nSPS) is 10.6. The van der Waals surface area contributed by atoms with E-state index in [4.69, 9.17) is 4.74 Å². The zero-order valence-corrected chi connectivity index (χ0v) is 13.9. The summed E-state index contributed by atoms with van der Waals surface area (Å²) in [6.07, 6.45) is 0.992. The molecular weight excluding hydrogens is 264 g/mol. The molecular formula is C17H28N2O2. The lowest BCUT2D eigenvalue weighted by Crippen LogP contribution is -2.38. The highest BCUT2D eigenvalue weighted by atomic mass is 16.5. The molecule has 118 valence electrons. The summed E-state index contributed by atoms with van der Waals surface area (Å²) < 4.78 is 5.77. The van der Waals surface area contributed by atoms with E-state index in [2.05, 4.69) is 43.5 Å². The number of hydrogen-bond acceptors (Lipinski definition) is 2. The van der Waals surface area contributed by atoms with Gasteiger partial charge >= 0.3 is 6.03 Å². The number of carbonyl (C=O) groups excluding carboxylic acids is 1. The fraction of sp³-hybridized carbons (Fsp3) is 0.588. The van der Waals surface area contributed by atoms with Gasteiger partial charge in [-0.1, -0.05) is 31.5 Å². The minimum atomic E-state index is -0.128. The molecule has 0 atom stereocenters. The van der Waals surface area contributed by atoms with Crippen LogP contribution in [0.15, 0.2) is 12.1 Å². The van der Waals surface area contributed by atoms with Crippen LogP contribution in [0.3, 0.4) is 0 Å². The number of nitrogens with one attached hydrogen (secondary N) is 2. The number of urea groups is 1. The van der Waals surface area contributed by atoms with Crippen molar-refractivity contribution in [2.75, 3.05) is 19.7 Å². The van der Waals surface area contributed by atoms with Gasteiger partial charge in [0.25, 0.3) is 0 Å². The summed E-state index contributed by atoms with van der Waals surface area (Å²) in [7, 11) is 0. The van der Waals surface area contributed by atoms with Gasteiger partial charge in [-0.25, -0.2) is 4.79 Å². The van der Waals surface area contributed by atoms with Crippen LogP contribution in [0.4, 0.5) is 4.79 Å². The van der Waals surface area contributed by atoms with E-state index >= 15 is 0 Å². The number of hydrogen-bond donors (Lipinski definition) is 2. The molecule has 0 aliphatic rings. The lowest BCUT2D eigenvalue weighted by Gasteiger charge is -2.14. The first-order valence-corrected chi connectivity index (χ1v) is 7.62. The average Bonchev–Trinajstić information content (AvgIpc) is 2.36. The summed E-state index contributed by atoms with van der Waals surface area (Å²) in [5.41, 5.74) is 3.50. The average molecular weight is 292 g/mol. The second kappa shape index (κ2) is 8.55. The van der Waals surface area contributed by atoms with E-state index in [0.717, 1.165) is 23.3 Å². The molecule has 0 saturated heterocycles. The number of rotatable bonds is 7. The molecule has 0 heterocycles. The largest absolute Gasteiger partial charge is 0.491 e. The Kier molecular flexibility index (Phi) is 7.06. The predicted octanol–water partition coefficient (Wildman–Crippen LogP) is 3.34. The molecule has 21 heavy (non-hydrogen) atoms. The Labute approximate surface area is 128 Å². The topological polar surface area (TPSA) is 50.4 Å². The van der Waals surface area contributed by atoms with Crippen LogP contribution < -0.4 is 15.4 Å². The molecule has 4 nitrogen and oxygen atoms in total. The van der Waals surface area contributed by atoms with Crippen LogP contribution >= 0.6 is 0 Å². The van der Waals surface area contributed by atoms with Crippen molar-refractivity contribution in [2.45, 2.75) is 41.0 Å². The van der Waals surface area contributed by atoms with Gasteiger partial charge in [-0.2, -0.15) is 0 Å². The maximum Gasteiger partial charge on any atom is 0.314 e. The van der Waals surface area contributed by atoms with E-state index in [1.165, 1.54) is 5.56 Å². The third-order valence-electron chi connectivity index (χ3n) is 3.25. The van der Waals surface area contributed by atoms with Crippen LogP contribution in [-0.2, 0) is 0 Å². The molecule has 0 aliphatic heterocycles. The molecule has 0 aliphatic carbocycles. The smallest absolute Gasteiger partial charge is 0.314 e. The van der Waals surface area contributed by atoms with Crippen LogP contribution in [0.2, 0.25) is 0 Å². The van der Waals surface area contributed by atoms with Gasteiger partial charge in [-0.05, 0) is 44.2 Å². The zero-order valence-electron chi connectivity index (χ0n) is 13.9. The maximum absolute atomic E-state index is 11.5. The first kappa shape index (κ1) is 17.3. The SMILES string of the molecule is Cc1cc(C)c(OCCNC(=O)NCCC(C)C)c(C)c1. The van der Waals surface area contributed by atoms with E-state index in [1.54, 1.807) is 0 Å². The molecule has 2 N–H and O–H groups in total. The summed E-state index contributed by atoms with van der Waals surface area (Å²) in [6, 6.07) is 4.08. The van der Waals surface area contributed by atoms with Crippen molar-refractivity contribution in [1.29, 1.82) is 0 Å². The van der Waals surface area contributed by atoms with Crippen LogP contribution in [0.25, 0.3) is 0 Å². The fourth-order valence-electron chi connectivity index (χ4n) is 2.25. The van der Waals surface area contributed by atoms with Crippen molar-refractivity contribution in [3.63, 3.8) is 0 Å². The van der Waals surface area contributed by atoms with Crippen LogP contribution in [-0.4, -0.2) is 25.7 Å². The predicted molar refractivity (Wildman–Crippen MR) is 87.0 cm³/mol. The van der Waals surface area contributed by atoms with E-state index in [-0.39, 0.29) is 6.03 Å². The molecule has 4 heteroatoms.